The summed E-state index contributed by atoms with van der Waals surface area (Å²) in [6.07, 6.45) is 1.72. The van der Waals surface area contributed by atoms with Gasteiger partial charge in [-0.3, -0.25) is 9.69 Å². The lowest BCUT2D eigenvalue weighted by atomic mass is 10.0. The summed E-state index contributed by atoms with van der Waals surface area (Å²) in [4.78, 5) is 13.1. The van der Waals surface area contributed by atoms with Gasteiger partial charge in [0.2, 0.25) is 5.91 Å². The molecule has 0 aromatic rings. The number of amides is 1. The molecule has 13 heavy (non-hydrogen) atoms. The summed E-state index contributed by atoms with van der Waals surface area (Å²) in [5, 5.41) is 0. The van der Waals surface area contributed by atoms with E-state index in [-0.39, 0.29) is 5.91 Å². The molecular weight excluding hydrogens is 164 g/mol. The summed E-state index contributed by atoms with van der Waals surface area (Å²) in [6, 6.07) is 0.895. The Bertz CT molecular complexity index is 193. The summed E-state index contributed by atoms with van der Waals surface area (Å²) >= 11 is 0. The summed E-state index contributed by atoms with van der Waals surface area (Å²) < 4.78 is 0. The van der Waals surface area contributed by atoms with Crippen LogP contribution in [0.5, 0.6) is 0 Å². The number of primary amides is 1. The van der Waals surface area contributed by atoms with E-state index in [0.29, 0.717) is 18.5 Å². The van der Waals surface area contributed by atoms with Gasteiger partial charge in [-0.25, -0.2) is 0 Å². The highest BCUT2D eigenvalue weighted by Crippen LogP contribution is 2.26. The van der Waals surface area contributed by atoms with Gasteiger partial charge in [-0.15, -0.1) is 0 Å². The maximum atomic E-state index is 10.8. The molecule has 0 radical (unpaired) electrons. The predicted octanol–water partition coefficient (Wildman–Crippen LogP) is 0.981. The first-order chi connectivity index (χ1) is 6.02. The van der Waals surface area contributed by atoms with E-state index in [2.05, 4.69) is 25.7 Å². The van der Waals surface area contributed by atoms with Crippen molar-refractivity contribution >= 4 is 5.91 Å². The van der Waals surface area contributed by atoms with Crippen LogP contribution in [0.4, 0.5) is 0 Å². The quantitative estimate of drug-likeness (QED) is 0.710. The second kappa shape index (κ2) is 4.09. The van der Waals surface area contributed by atoms with Gasteiger partial charge in [-0.05, 0) is 32.7 Å². The lowest BCUT2D eigenvalue weighted by molar-refractivity contribution is -0.119. The average molecular weight is 184 g/mol. The third-order valence-electron chi connectivity index (χ3n) is 3.25. The van der Waals surface area contributed by atoms with Crippen LogP contribution in [0.15, 0.2) is 0 Å². The number of hydrogen-bond donors (Lipinski definition) is 1. The first-order valence-corrected chi connectivity index (χ1v) is 5.06. The van der Waals surface area contributed by atoms with Gasteiger partial charge in [0.05, 0.1) is 0 Å². The Hall–Kier alpha value is -0.570. The predicted molar refractivity (Wildman–Crippen MR) is 53.2 cm³/mol. The SMILES string of the molecule is CC1CCN(C(C)CC(N)=O)C1C. The van der Waals surface area contributed by atoms with E-state index in [1.54, 1.807) is 0 Å². The first kappa shape index (κ1) is 10.5. The van der Waals surface area contributed by atoms with Gasteiger partial charge in [0.25, 0.3) is 0 Å². The Kier molecular flexibility index (Phi) is 3.31. The molecule has 76 valence electrons. The summed E-state index contributed by atoms with van der Waals surface area (Å²) in [7, 11) is 0. The molecule has 1 fully saturated rings. The number of hydrogen-bond acceptors (Lipinski definition) is 2. The maximum absolute atomic E-state index is 10.8. The molecule has 1 amide bonds. The molecule has 3 heteroatoms. The zero-order valence-corrected chi connectivity index (χ0v) is 8.79. The molecule has 3 unspecified atom stereocenters. The van der Waals surface area contributed by atoms with Crippen molar-refractivity contribution in [1.29, 1.82) is 0 Å². The molecule has 3 nitrogen and oxygen atoms in total. The van der Waals surface area contributed by atoms with E-state index in [4.69, 9.17) is 5.73 Å². The number of nitrogens with two attached hydrogens (primary N) is 1. The van der Waals surface area contributed by atoms with Crippen molar-refractivity contribution in [2.24, 2.45) is 11.7 Å². The van der Waals surface area contributed by atoms with Crippen LogP contribution in [-0.2, 0) is 4.79 Å². The van der Waals surface area contributed by atoms with Crippen molar-refractivity contribution in [3.8, 4) is 0 Å². The van der Waals surface area contributed by atoms with Crippen molar-refractivity contribution in [1.82, 2.24) is 4.90 Å². The van der Waals surface area contributed by atoms with Crippen molar-refractivity contribution in [3.63, 3.8) is 0 Å². The molecule has 0 aliphatic carbocycles. The third kappa shape index (κ3) is 2.44. The molecule has 0 saturated carbocycles. The zero-order valence-electron chi connectivity index (χ0n) is 8.79. The fourth-order valence-electron chi connectivity index (χ4n) is 2.15. The lowest BCUT2D eigenvalue weighted by Gasteiger charge is -2.28. The maximum Gasteiger partial charge on any atom is 0.218 e. The van der Waals surface area contributed by atoms with Gasteiger partial charge in [0.15, 0.2) is 0 Å². The van der Waals surface area contributed by atoms with E-state index in [1.165, 1.54) is 6.42 Å². The van der Waals surface area contributed by atoms with Gasteiger partial charge >= 0.3 is 0 Å². The van der Waals surface area contributed by atoms with E-state index >= 15 is 0 Å². The Labute approximate surface area is 80.3 Å². The molecule has 1 saturated heterocycles. The van der Waals surface area contributed by atoms with Crippen LogP contribution in [0.3, 0.4) is 0 Å². The van der Waals surface area contributed by atoms with Gasteiger partial charge < -0.3 is 5.73 Å². The van der Waals surface area contributed by atoms with Crippen molar-refractivity contribution in [2.75, 3.05) is 6.54 Å². The van der Waals surface area contributed by atoms with Crippen molar-refractivity contribution < 1.29 is 4.79 Å². The van der Waals surface area contributed by atoms with Crippen molar-refractivity contribution in [3.05, 3.63) is 0 Å². The Morgan fingerprint density at radius 3 is 2.62 bits per heavy atom. The minimum absolute atomic E-state index is 0.195. The van der Waals surface area contributed by atoms with Gasteiger partial charge in [0.1, 0.15) is 0 Å². The molecule has 1 rings (SSSR count). The van der Waals surface area contributed by atoms with E-state index < -0.39 is 0 Å². The van der Waals surface area contributed by atoms with Crippen LogP contribution >= 0.6 is 0 Å². The lowest BCUT2D eigenvalue weighted by Crippen LogP contribution is -2.39. The number of likely N-dealkylation sites (tertiary alicyclic amines) is 1. The van der Waals surface area contributed by atoms with Gasteiger partial charge in [-0.1, -0.05) is 6.92 Å². The zero-order chi connectivity index (χ0) is 10.0. The molecule has 1 heterocycles. The highest BCUT2D eigenvalue weighted by molar-refractivity contribution is 5.74. The number of nitrogens with zero attached hydrogens (tertiary/aromatic N) is 1. The minimum atomic E-state index is -0.195. The Morgan fingerprint density at radius 2 is 2.23 bits per heavy atom. The number of carbonyl (C=O) groups is 1. The van der Waals surface area contributed by atoms with E-state index in [9.17, 15) is 4.79 Å². The van der Waals surface area contributed by atoms with E-state index in [0.717, 1.165) is 12.5 Å². The molecule has 3 atom stereocenters. The van der Waals surface area contributed by atoms with Crippen LogP contribution < -0.4 is 5.73 Å². The second-order valence-electron chi connectivity index (χ2n) is 4.26. The summed E-state index contributed by atoms with van der Waals surface area (Å²) in [5.41, 5.74) is 5.18. The summed E-state index contributed by atoms with van der Waals surface area (Å²) in [5.74, 6) is 0.551. The van der Waals surface area contributed by atoms with Crippen LogP contribution in [0.2, 0.25) is 0 Å². The third-order valence-corrected chi connectivity index (χ3v) is 3.25. The molecule has 0 aromatic carbocycles. The molecule has 2 N–H and O–H groups in total. The Morgan fingerprint density at radius 1 is 1.62 bits per heavy atom. The average Bonchev–Trinajstić information content (AvgIpc) is 2.31. The number of rotatable bonds is 3. The fourth-order valence-corrected chi connectivity index (χ4v) is 2.15. The van der Waals surface area contributed by atoms with Crippen LogP contribution in [0.25, 0.3) is 0 Å². The monoisotopic (exact) mass is 184 g/mol. The number of carbonyl (C=O) groups excluding carboxylic acids is 1. The van der Waals surface area contributed by atoms with Crippen molar-refractivity contribution in [2.45, 2.75) is 45.7 Å². The smallest absolute Gasteiger partial charge is 0.218 e. The van der Waals surface area contributed by atoms with Gasteiger partial charge in [0, 0.05) is 18.5 Å². The van der Waals surface area contributed by atoms with Crippen LogP contribution in [0, 0.1) is 5.92 Å². The van der Waals surface area contributed by atoms with E-state index in [1.807, 2.05) is 0 Å². The molecule has 0 spiro atoms. The van der Waals surface area contributed by atoms with Crippen LogP contribution in [0.1, 0.15) is 33.6 Å². The summed E-state index contributed by atoms with van der Waals surface area (Å²) in [6.45, 7) is 7.69. The molecule has 0 aromatic heterocycles. The molecule has 1 aliphatic rings. The highest BCUT2D eigenvalue weighted by Gasteiger charge is 2.30. The Balaban J connectivity index is 2.47. The second-order valence-corrected chi connectivity index (χ2v) is 4.26. The topological polar surface area (TPSA) is 46.3 Å². The normalized spacial score (nSPS) is 31.9. The molecular formula is C10H20N2O. The minimum Gasteiger partial charge on any atom is -0.370 e. The van der Waals surface area contributed by atoms with Crippen LogP contribution in [-0.4, -0.2) is 29.4 Å². The highest BCUT2D eigenvalue weighted by atomic mass is 16.1. The molecule has 1 aliphatic heterocycles. The largest absolute Gasteiger partial charge is 0.370 e. The fraction of sp³-hybridized carbons (Fsp3) is 0.900. The van der Waals surface area contributed by atoms with Gasteiger partial charge in [-0.2, -0.15) is 0 Å². The standard InChI is InChI=1S/C10H20N2O/c1-7-4-5-12(9(7)3)8(2)6-10(11)13/h7-9H,4-6H2,1-3H3,(H2,11,13). The first-order valence-electron chi connectivity index (χ1n) is 5.06. The molecule has 0 bridgehead atoms.